The highest BCUT2D eigenvalue weighted by atomic mass is 32.2. The molecule has 1 aliphatic rings. The average molecular weight is 230 g/mol. The molecule has 14 heavy (non-hydrogen) atoms. The van der Waals surface area contributed by atoms with Gasteiger partial charge in [-0.25, -0.2) is 4.98 Å². The highest BCUT2D eigenvalue weighted by Crippen LogP contribution is 2.39. The lowest BCUT2D eigenvalue weighted by molar-refractivity contribution is 0.200. The van der Waals surface area contributed by atoms with Crippen molar-refractivity contribution in [2.24, 2.45) is 5.73 Å². The van der Waals surface area contributed by atoms with Gasteiger partial charge in [0.05, 0.1) is 6.61 Å². The zero-order valence-electron chi connectivity index (χ0n) is 7.85. The number of aromatic nitrogens is 1. The lowest BCUT2D eigenvalue weighted by atomic mass is 10.0. The molecule has 0 spiro atoms. The molecule has 1 saturated carbocycles. The van der Waals surface area contributed by atoms with Crippen molar-refractivity contribution in [3.63, 3.8) is 0 Å². The SMILES string of the molecule is NC1(CO)CCC(Sc2nccs2)C1. The van der Waals surface area contributed by atoms with Gasteiger partial charge in [0.25, 0.3) is 0 Å². The lowest BCUT2D eigenvalue weighted by Crippen LogP contribution is -2.40. The summed E-state index contributed by atoms with van der Waals surface area (Å²) >= 11 is 3.46. The molecule has 1 heterocycles. The molecular formula is C9H14N2OS2. The van der Waals surface area contributed by atoms with Gasteiger partial charge in [0.1, 0.15) is 4.34 Å². The average Bonchev–Trinajstić information content (AvgIpc) is 2.78. The maximum atomic E-state index is 9.12. The van der Waals surface area contributed by atoms with Gasteiger partial charge in [0.15, 0.2) is 0 Å². The van der Waals surface area contributed by atoms with Crippen molar-refractivity contribution in [2.75, 3.05) is 6.61 Å². The van der Waals surface area contributed by atoms with E-state index in [0.29, 0.717) is 5.25 Å². The van der Waals surface area contributed by atoms with E-state index in [4.69, 9.17) is 10.8 Å². The second-order valence-electron chi connectivity index (χ2n) is 3.80. The minimum atomic E-state index is -0.338. The van der Waals surface area contributed by atoms with Crippen LogP contribution in [0.15, 0.2) is 15.9 Å². The third kappa shape index (κ3) is 2.28. The number of aliphatic hydroxyl groups excluding tert-OH is 1. The van der Waals surface area contributed by atoms with Crippen LogP contribution in [0.25, 0.3) is 0 Å². The van der Waals surface area contributed by atoms with Crippen molar-refractivity contribution in [1.29, 1.82) is 0 Å². The van der Waals surface area contributed by atoms with E-state index < -0.39 is 0 Å². The molecular weight excluding hydrogens is 216 g/mol. The van der Waals surface area contributed by atoms with Gasteiger partial charge >= 0.3 is 0 Å². The molecule has 1 fully saturated rings. The number of nitrogens with two attached hydrogens (primary N) is 1. The Bertz CT molecular complexity index is 291. The Morgan fingerprint density at radius 1 is 1.79 bits per heavy atom. The lowest BCUT2D eigenvalue weighted by Gasteiger charge is -2.20. The topological polar surface area (TPSA) is 59.1 Å². The summed E-state index contributed by atoms with van der Waals surface area (Å²) in [6, 6.07) is 0. The quantitative estimate of drug-likeness (QED) is 0.825. The van der Waals surface area contributed by atoms with Gasteiger partial charge in [-0.05, 0) is 19.3 Å². The Balaban J connectivity index is 1.90. The summed E-state index contributed by atoms with van der Waals surface area (Å²) in [6.45, 7) is 0.0991. The van der Waals surface area contributed by atoms with E-state index in [2.05, 4.69) is 4.98 Å². The molecule has 0 radical (unpaired) electrons. The van der Waals surface area contributed by atoms with Crippen LogP contribution in [-0.4, -0.2) is 27.5 Å². The second kappa shape index (κ2) is 4.18. The number of rotatable bonds is 3. The Hall–Kier alpha value is -0.100. The minimum absolute atomic E-state index is 0.0991. The third-order valence-electron chi connectivity index (χ3n) is 2.59. The van der Waals surface area contributed by atoms with Gasteiger partial charge in [-0.15, -0.1) is 11.3 Å². The summed E-state index contributed by atoms with van der Waals surface area (Å²) in [4.78, 5) is 4.23. The zero-order chi connectivity index (χ0) is 10.0. The Morgan fingerprint density at radius 2 is 2.64 bits per heavy atom. The van der Waals surface area contributed by atoms with E-state index in [0.717, 1.165) is 23.6 Å². The fourth-order valence-electron chi connectivity index (χ4n) is 1.76. The Morgan fingerprint density at radius 3 is 3.21 bits per heavy atom. The molecule has 2 unspecified atom stereocenters. The first-order valence-corrected chi connectivity index (χ1v) is 6.44. The molecule has 5 heteroatoms. The molecule has 1 aliphatic carbocycles. The molecule has 78 valence electrons. The number of nitrogens with zero attached hydrogens (tertiary/aromatic N) is 1. The van der Waals surface area contributed by atoms with Crippen LogP contribution in [0.4, 0.5) is 0 Å². The summed E-state index contributed by atoms with van der Waals surface area (Å²) in [6.07, 6.45) is 4.73. The van der Waals surface area contributed by atoms with Crippen molar-refractivity contribution in [1.82, 2.24) is 4.98 Å². The van der Waals surface area contributed by atoms with Crippen molar-refractivity contribution < 1.29 is 5.11 Å². The van der Waals surface area contributed by atoms with E-state index in [1.54, 1.807) is 23.1 Å². The fourth-order valence-corrected chi connectivity index (χ4v) is 3.98. The van der Waals surface area contributed by atoms with Crippen LogP contribution >= 0.6 is 23.1 Å². The molecule has 0 saturated heterocycles. The molecule has 0 amide bonds. The van der Waals surface area contributed by atoms with Crippen molar-refractivity contribution in [3.05, 3.63) is 11.6 Å². The van der Waals surface area contributed by atoms with E-state index >= 15 is 0 Å². The normalized spacial score (nSPS) is 32.3. The number of aliphatic hydroxyl groups is 1. The van der Waals surface area contributed by atoms with Crippen LogP contribution < -0.4 is 5.73 Å². The van der Waals surface area contributed by atoms with Gasteiger partial charge in [-0.3, -0.25) is 0 Å². The molecule has 0 bridgehead atoms. The summed E-state index contributed by atoms with van der Waals surface area (Å²) < 4.78 is 1.11. The van der Waals surface area contributed by atoms with Gasteiger partial charge in [0, 0.05) is 22.4 Å². The number of hydrogen-bond donors (Lipinski definition) is 2. The summed E-state index contributed by atoms with van der Waals surface area (Å²) in [5.41, 5.74) is 5.66. The molecule has 2 rings (SSSR count). The van der Waals surface area contributed by atoms with Gasteiger partial charge in [-0.1, -0.05) is 11.8 Å². The number of thiazole rings is 1. The van der Waals surface area contributed by atoms with Gasteiger partial charge in [0.2, 0.25) is 0 Å². The van der Waals surface area contributed by atoms with Crippen LogP contribution in [0, 0.1) is 0 Å². The van der Waals surface area contributed by atoms with E-state index in [1.165, 1.54) is 0 Å². The van der Waals surface area contributed by atoms with Crippen LogP contribution in [0.5, 0.6) is 0 Å². The van der Waals surface area contributed by atoms with E-state index in [9.17, 15) is 0 Å². The summed E-state index contributed by atoms with van der Waals surface area (Å²) in [5, 5.41) is 11.6. The van der Waals surface area contributed by atoms with Crippen LogP contribution in [-0.2, 0) is 0 Å². The fraction of sp³-hybridized carbons (Fsp3) is 0.667. The predicted octanol–water partition coefficient (Wildman–Crippen LogP) is 1.48. The maximum Gasteiger partial charge on any atom is 0.150 e. The smallest absolute Gasteiger partial charge is 0.150 e. The third-order valence-corrected chi connectivity index (χ3v) is 4.78. The van der Waals surface area contributed by atoms with Gasteiger partial charge in [-0.2, -0.15) is 0 Å². The first kappa shape index (κ1) is 10.4. The summed E-state index contributed by atoms with van der Waals surface area (Å²) in [5.74, 6) is 0. The molecule has 3 N–H and O–H groups in total. The van der Waals surface area contributed by atoms with Crippen molar-refractivity contribution in [2.45, 2.75) is 34.4 Å². The number of thioether (sulfide) groups is 1. The number of hydrogen-bond acceptors (Lipinski definition) is 5. The van der Waals surface area contributed by atoms with E-state index in [-0.39, 0.29) is 12.1 Å². The molecule has 1 aromatic heterocycles. The first-order valence-electron chi connectivity index (χ1n) is 4.68. The maximum absolute atomic E-state index is 9.12. The monoisotopic (exact) mass is 230 g/mol. The molecule has 0 aliphatic heterocycles. The largest absolute Gasteiger partial charge is 0.394 e. The first-order chi connectivity index (χ1) is 6.72. The Labute approximate surface area is 91.7 Å². The highest BCUT2D eigenvalue weighted by molar-refractivity contribution is 8.01. The molecule has 3 nitrogen and oxygen atoms in total. The van der Waals surface area contributed by atoms with Gasteiger partial charge < -0.3 is 10.8 Å². The zero-order valence-corrected chi connectivity index (χ0v) is 9.48. The predicted molar refractivity (Wildman–Crippen MR) is 59.6 cm³/mol. The molecule has 2 atom stereocenters. The Kier molecular flexibility index (Phi) is 3.11. The van der Waals surface area contributed by atoms with Crippen LogP contribution in [0.3, 0.4) is 0 Å². The van der Waals surface area contributed by atoms with Crippen molar-refractivity contribution >= 4 is 23.1 Å². The van der Waals surface area contributed by atoms with Crippen LogP contribution in [0.1, 0.15) is 19.3 Å². The van der Waals surface area contributed by atoms with Crippen molar-refractivity contribution in [3.8, 4) is 0 Å². The molecule has 0 aromatic carbocycles. The van der Waals surface area contributed by atoms with Crippen LogP contribution in [0.2, 0.25) is 0 Å². The highest BCUT2D eigenvalue weighted by Gasteiger charge is 2.35. The standard InChI is InChI=1S/C9H14N2OS2/c10-9(6-12)2-1-7(5-9)14-8-11-3-4-13-8/h3-4,7,12H,1-2,5-6,10H2. The van der Waals surface area contributed by atoms with E-state index in [1.807, 2.05) is 11.6 Å². The minimum Gasteiger partial charge on any atom is -0.394 e. The summed E-state index contributed by atoms with van der Waals surface area (Å²) in [7, 11) is 0. The molecule has 1 aromatic rings. The second-order valence-corrected chi connectivity index (χ2v) is 6.24.